The van der Waals surface area contributed by atoms with Gasteiger partial charge < -0.3 is 21.1 Å². The Hall–Kier alpha value is -4.13. The van der Waals surface area contributed by atoms with Crippen LogP contribution in [0.5, 0.6) is 5.75 Å². The van der Waals surface area contributed by atoms with Gasteiger partial charge >= 0.3 is 0 Å². The van der Waals surface area contributed by atoms with E-state index < -0.39 is 23.9 Å². The first-order chi connectivity index (χ1) is 16.4. The fourth-order valence-electron chi connectivity index (χ4n) is 3.54. The molecular formula is C27H29N3O4. The third-order valence-electron chi connectivity index (χ3n) is 5.22. The molecule has 0 unspecified atom stereocenters. The second kappa shape index (κ2) is 12.2. The predicted octanol–water partition coefficient (Wildman–Crippen LogP) is 2.53. The Labute approximate surface area is 199 Å². The van der Waals surface area contributed by atoms with Crippen molar-refractivity contribution in [2.24, 2.45) is 5.73 Å². The standard InChI is InChI=1S/C27H29N3O4/c1-19(31)29-25(16-20-9-4-2-5-10-20)27(33)30-24(26(28)32)17-22-13-8-14-23(15-22)34-18-21-11-6-3-7-12-21/h2-15,24-25H,16-18H2,1H3,(H2,28,32)(H,29,31)(H,30,33)/t24-,25+/m0/s1. The highest BCUT2D eigenvalue weighted by Gasteiger charge is 2.25. The lowest BCUT2D eigenvalue weighted by Gasteiger charge is -2.22. The molecule has 3 aromatic carbocycles. The first-order valence-electron chi connectivity index (χ1n) is 11.1. The third-order valence-corrected chi connectivity index (χ3v) is 5.22. The summed E-state index contributed by atoms with van der Waals surface area (Å²) in [5.41, 5.74) is 8.30. The van der Waals surface area contributed by atoms with Gasteiger partial charge in [0.15, 0.2) is 0 Å². The largest absolute Gasteiger partial charge is 0.489 e. The molecule has 0 spiro atoms. The molecule has 7 heteroatoms. The predicted molar refractivity (Wildman–Crippen MR) is 130 cm³/mol. The molecule has 0 aliphatic carbocycles. The van der Waals surface area contributed by atoms with Gasteiger partial charge in [-0.15, -0.1) is 0 Å². The van der Waals surface area contributed by atoms with Crippen molar-refractivity contribution in [3.05, 3.63) is 102 Å². The van der Waals surface area contributed by atoms with Crippen LogP contribution in [0.3, 0.4) is 0 Å². The summed E-state index contributed by atoms with van der Waals surface area (Å²) in [6.45, 7) is 1.76. The molecule has 7 nitrogen and oxygen atoms in total. The van der Waals surface area contributed by atoms with Gasteiger partial charge in [0.1, 0.15) is 24.4 Å². The molecule has 3 rings (SSSR count). The molecule has 3 aromatic rings. The van der Waals surface area contributed by atoms with Crippen LogP contribution in [0, 0.1) is 0 Å². The summed E-state index contributed by atoms with van der Waals surface area (Å²) >= 11 is 0. The number of hydrogen-bond donors (Lipinski definition) is 3. The first kappa shape index (κ1) is 24.5. The van der Waals surface area contributed by atoms with E-state index in [1.807, 2.05) is 84.9 Å². The van der Waals surface area contributed by atoms with Gasteiger partial charge in [0.25, 0.3) is 0 Å². The monoisotopic (exact) mass is 459 g/mol. The summed E-state index contributed by atoms with van der Waals surface area (Å²) in [4.78, 5) is 36.7. The Kier molecular flexibility index (Phi) is 8.80. The fourth-order valence-corrected chi connectivity index (χ4v) is 3.54. The minimum absolute atomic E-state index is 0.196. The Morgan fingerprint density at radius 3 is 1.97 bits per heavy atom. The van der Waals surface area contributed by atoms with E-state index in [1.54, 1.807) is 0 Å². The molecule has 176 valence electrons. The average molecular weight is 460 g/mol. The van der Waals surface area contributed by atoms with Crippen molar-refractivity contribution in [3.8, 4) is 5.75 Å². The van der Waals surface area contributed by atoms with Crippen LogP contribution in [0.4, 0.5) is 0 Å². The van der Waals surface area contributed by atoms with Crippen LogP contribution in [0.25, 0.3) is 0 Å². The lowest BCUT2D eigenvalue weighted by atomic mass is 10.0. The Morgan fingerprint density at radius 1 is 0.765 bits per heavy atom. The van der Waals surface area contributed by atoms with Crippen LogP contribution < -0.4 is 21.1 Å². The van der Waals surface area contributed by atoms with E-state index in [2.05, 4.69) is 10.6 Å². The van der Waals surface area contributed by atoms with Crippen molar-refractivity contribution in [1.82, 2.24) is 10.6 Å². The number of amides is 3. The highest BCUT2D eigenvalue weighted by Crippen LogP contribution is 2.17. The molecule has 0 bridgehead atoms. The summed E-state index contributed by atoms with van der Waals surface area (Å²) in [5, 5.41) is 5.35. The van der Waals surface area contributed by atoms with E-state index in [9.17, 15) is 14.4 Å². The zero-order valence-corrected chi connectivity index (χ0v) is 19.1. The van der Waals surface area contributed by atoms with Crippen LogP contribution in [0.2, 0.25) is 0 Å². The van der Waals surface area contributed by atoms with Crippen molar-refractivity contribution in [2.75, 3.05) is 0 Å². The average Bonchev–Trinajstić information content (AvgIpc) is 2.83. The van der Waals surface area contributed by atoms with E-state index >= 15 is 0 Å². The summed E-state index contributed by atoms with van der Waals surface area (Å²) in [6.07, 6.45) is 0.488. The van der Waals surface area contributed by atoms with Gasteiger partial charge in [-0.25, -0.2) is 0 Å². The number of benzene rings is 3. The third kappa shape index (κ3) is 7.78. The molecule has 2 atom stereocenters. The fraction of sp³-hybridized carbons (Fsp3) is 0.222. The zero-order valence-electron chi connectivity index (χ0n) is 19.1. The number of rotatable bonds is 11. The quantitative estimate of drug-likeness (QED) is 0.409. The van der Waals surface area contributed by atoms with E-state index in [1.165, 1.54) is 6.92 Å². The minimum atomic E-state index is -0.941. The number of ether oxygens (including phenoxy) is 1. The van der Waals surface area contributed by atoms with E-state index in [0.29, 0.717) is 18.8 Å². The van der Waals surface area contributed by atoms with E-state index in [4.69, 9.17) is 10.5 Å². The maximum atomic E-state index is 13.0. The first-order valence-corrected chi connectivity index (χ1v) is 11.1. The van der Waals surface area contributed by atoms with Crippen molar-refractivity contribution in [3.63, 3.8) is 0 Å². The second-order valence-electron chi connectivity index (χ2n) is 8.03. The van der Waals surface area contributed by atoms with E-state index in [0.717, 1.165) is 16.7 Å². The molecule has 34 heavy (non-hydrogen) atoms. The lowest BCUT2D eigenvalue weighted by molar-refractivity contribution is -0.130. The Balaban J connectivity index is 1.66. The minimum Gasteiger partial charge on any atom is -0.489 e. The van der Waals surface area contributed by atoms with Crippen molar-refractivity contribution in [2.45, 2.75) is 38.5 Å². The molecule has 0 heterocycles. The Morgan fingerprint density at radius 2 is 1.35 bits per heavy atom. The maximum absolute atomic E-state index is 13.0. The number of nitrogens with one attached hydrogen (secondary N) is 2. The normalized spacial score (nSPS) is 12.3. The lowest BCUT2D eigenvalue weighted by Crippen LogP contribution is -2.54. The summed E-state index contributed by atoms with van der Waals surface area (Å²) in [7, 11) is 0. The molecule has 3 amide bonds. The molecule has 0 radical (unpaired) electrons. The van der Waals surface area contributed by atoms with Gasteiger partial charge in [0, 0.05) is 19.8 Å². The molecule has 0 saturated heterocycles. The van der Waals surface area contributed by atoms with Crippen LogP contribution in [0.1, 0.15) is 23.6 Å². The van der Waals surface area contributed by atoms with Gasteiger partial charge in [-0.2, -0.15) is 0 Å². The van der Waals surface area contributed by atoms with Crippen LogP contribution in [-0.4, -0.2) is 29.8 Å². The SMILES string of the molecule is CC(=O)N[C@H](Cc1ccccc1)C(=O)N[C@@H](Cc1cccc(OCc2ccccc2)c1)C(N)=O. The number of primary amides is 1. The number of carbonyl (C=O) groups is 3. The Bertz CT molecular complexity index is 1100. The van der Waals surface area contributed by atoms with Gasteiger partial charge in [-0.3, -0.25) is 14.4 Å². The van der Waals surface area contributed by atoms with Crippen molar-refractivity contribution in [1.29, 1.82) is 0 Å². The van der Waals surface area contributed by atoms with Crippen LogP contribution in [0.15, 0.2) is 84.9 Å². The summed E-state index contributed by atoms with van der Waals surface area (Å²) < 4.78 is 5.85. The second-order valence-corrected chi connectivity index (χ2v) is 8.03. The topological polar surface area (TPSA) is 111 Å². The highest BCUT2D eigenvalue weighted by molar-refractivity contribution is 5.91. The highest BCUT2D eigenvalue weighted by atomic mass is 16.5. The summed E-state index contributed by atoms with van der Waals surface area (Å²) in [6, 6.07) is 24.7. The molecule has 4 N–H and O–H groups in total. The molecule has 0 fully saturated rings. The van der Waals surface area contributed by atoms with Crippen LogP contribution in [-0.2, 0) is 33.8 Å². The molecule has 0 aliphatic rings. The molecule has 0 saturated carbocycles. The van der Waals surface area contributed by atoms with Gasteiger partial charge in [-0.1, -0.05) is 72.8 Å². The summed E-state index contributed by atoms with van der Waals surface area (Å²) in [5.74, 6) is -0.823. The smallest absolute Gasteiger partial charge is 0.243 e. The number of carbonyl (C=O) groups excluding carboxylic acids is 3. The van der Waals surface area contributed by atoms with Gasteiger partial charge in [-0.05, 0) is 28.8 Å². The van der Waals surface area contributed by atoms with E-state index in [-0.39, 0.29) is 12.3 Å². The number of hydrogen-bond acceptors (Lipinski definition) is 4. The van der Waals surface area contributed by atoms with Crippen molar-refractivity contribution < 1.29 is 19.1 Å². The van der Waals surface area contributed by atoms with Crippen molar-refractivity contribution >= 4 is 17.7 Å². The molecule has 0 aliphatic heterocycles. The van der Waals surface area contributed by atoms with Gasteiger partial charge in [0.2, 0.25) is 17.7 Å². The maximum Gasteiger partial charge on any atom is 0.243 e. The number of nitrogens with two attached hydrogens (primary N) is 1. The molecule has 0 aromatic heterocycles. The van der Waals surface area contributed by atoms with Crippen LogP contribution >= 0.6 is 0 Å². The van der Waals surface area contributed by atoms with Gasteiger partial charge in [0.05, 0.1) is 0 Å². The zero-order chi connectivity index (χ0) is 24.3. The molecular weight excluding hydrogens is 430 g/mol.